The van der Waals surface area contributed by atoms with Crippen LogP contribution in [0.15, 0.2) is 10.9 Å². The molecule has 5 nitrogen and oxygen atoms in total. The summed E-state index contributed by atoms with van der Waals surface area (Å²) in [7, 11) is 0. The van der Waals surface area contributed by atoms with Gasteiger partial charge in [-0.25, -0.2) is 0 Å². The van der Waals surface area contributed by atoms with Crippen LogP contribution in [0.2, 0.25) is 0 Å². The number of nitrogens with one attached hydrogen (secondary N) is 3. The van der Waals surface area contributed by atoms with Crippen LogP contribution in [0.1, 0.15) is 54.2 Å². The van der Waals surface area contributed by atoms with E-state index in [-0.39, 0.29) is 35.5 Å². The highest BCUT2D eigenvalue weighted by molar-refractivity contribution is 5.94. The molecule has 3 rings (SSSR count). The number of fused-ring (bicyclic) bond motifs is 1. The maximum atomic E-state index is 12.4. The summed E-state index contributed by atoms with van der Waals surface area (Å²) in [4.78, 5) is 27.4. The monoisotopic (exact) mass is 325 g/mol. The van der Waals surface area contributed by atoms with Crippen molar-refractivity contribution in [2.45, 2.75) is 57.5 Å². The first-order chi connectivity index (χ1) is 10.1. The molecule has 0 saturated carbocycles. The minimum Gasteiger partial charge on any atom is -0.349 e. The summed E-state index contributed by atoms with van der Waals surface area (Å²) in [5.74, 6) is -0.233. The van der Waals surface area contributed by atoms with Gasteiger partial charge < -0.3 is 15.6 Å². The van der Waals surface area contributed by atoms with Crippen molar-refractivity contribution >= 4 is 18.3 Å². The zero-order chi connectivity index (χ0) is 14.8. The summed E-state index contributed by atoms with van der Waals surface area (Å²) in [6.07, 6.45) is 5.94. The van der Waals surface area contributed by atoms with E-state index in [2.05, 4.69) is 22.5 Å². The van der Waals surface area contributed by atoms with Crippen molar-refractivity contribution in [2.24, 2.45) is 0 Å². The van der Waals surface area contributed by atoms with Crippen molar-refractivity contribution in [1.29, 1.82) is 0 Å². The molecule has 0 spiro atoms. The number of halogens is 1. The SMILES string of the molecule is CC1CC(NC(=O)c2cc3c([nH]c2=O)CCCC3)CCN1.Cl. The second-order valence-corrected chi connectivity index (χ2v) is 6.27. The molecule has 1 amide bonds. The van der Waals surface area contributed by atoms with E-state index in [1.807, 2.05) is 0 Å². The van der Waals surface area contributed by atoms with Gasteiger partial charge in [-0.15, -0.1) is 12.4 Å². The average Bonchev–Trinajstić information content (AvgIpc) is 2.46. The first kappa shape index (κ1) is 17.0. The maximum absolute atomic E-state index is 12.4. The molecule has 0 radical (unpaired) electrons. The molecule has 6 heteroatoms. The molecule has 2 aliphatic rings. The Morgan fingerprint density at radius 3 is 2.86 bits per heavy atom. The lowest BCUT2D eigenvalue weighted by Crippen LogP contribution is -2.47. The molecule has 1 fully saturated rings. The topological polar surface area (TPSA) is 74.0 Å². The number of hydrogen-bond donors (Lipinski definition) is 3. The number of pyridine rings is 1. The van der Waals surface area contributed by atoms with E-state index in [4.69, 9.17) is 0 Å². The number of carbonyl (C=O) groups excluding carboxylic acids is 1. The summed E-state index contributed by atoms with van der Waals surface area (Å²) in [6.45, 7) is 3.02. The normalized spacial score (nSPS) is 24.0. The molecule has 0 bridgehead atoms. The molecular formula is C16H24ClN3O2. The first-order valence-electron chi connectivity index (χ1n) is 7.93. The fraction of sp³-hybridized carbons (Fsp3) is 0.625. The zero-order valence-corrected chi connectivity index (χ0v) is 13.7. The van der Waals surface area contributed by atoms with Gasteiger partial charge in [0.15, 0.2) is 0 Å². The largest absolute Gasteiger partial charge is 0.349 e. The minimum absolute atomic E-state index is 0. The predicted octanol–water partition coefficient (Wildman–Crippen LogP) is 1.55. The van der Waals surface area contributed by atoms with Gasteiger partial charge in [0, 0.05) is 17.8 Å². The summed E-state index contributed by atoms with van der Waals surface area (Å²) >= 11 is 0. The summed E-state index contributed by atoms with van der Waals surface area (Å²) < 4.78 is 0. The molecule has 1 aromatic heterocycles. The summed E-state index contributed by atoms with van der Waals surface area (Å²) in [6, 6.07) is 2.36. The molecule has 122 valence electrons. The molecule has 2 heterocycles. The van der Waals surface area contributed by atoms with E-state index in [0.717, 1.165) is 56.3 Å². The predicted molar refractivity (Wildman–Crippen MR) is 88.9 cm³/mol. The summed E-state index contributed by atoms with van der Waals surface area (Å²) in [5.41, 5.74) is 2.15. The van der Waals surface area contributed by atoms with E-state index in [9.17, 15) is 9.59 Å². The molecular weight excluding hydrogens is 302 g/mol. The fourth-order valence-electron chi connectivity index (χ4n) is 3.37. The van der Waals surface area contributed by atoms with Gasteiger partial charge in [0.2, 0.25) is 0 Å². The molecule has 1 aromatic rings. The lowest BCUT2D eigenvalue weighted by Gasteiger charge is -2.28. The Labute approximate surface area is 136 Å². The van der Waals surface area contributed by atoms with Crippen molar-refractivity contribution < 1.29 is 4.79 Å². The van der Waals surface area contributed by atoms with E-state index in [1.54, 1.807) is 6.07 Å². The highest BCUT2D eigenvalue weighted by Gasteiger charge is 2.22. The Morgan fingerprint density at radius 1 is 1.32 bits per heavy atom. The third-order valence-electron chi connectivity index (χ3n) is 4.54. The number of hydrogen-bond acceptors (Lipinski definition) is 3. The molecule has 3 N–H and O–H groups in total. The van der Waals surface area contributed by atoms with Gasteiger partial charge in [-0.05, 0) is 63.6 Å². The van der Waals surface area contributed by atoms with Gasteiger partial charge in [-0.3, -0.25) is 9.59 Å². The van der Waals surface area contributed by atoms with Crippen LogP contribution in [0, 0.1) is 0 Å². The van der Waals surface area contributed by atoms with Gasteiger partial charge in [0.1, 0.15) is 5.56 Å². The van der Waals surface area contributed by atoms with E-state index < -0.39 is 0 Å². The second kappa shape index (κ2) is 7.29. The second-order valence-electron chi connectivity index (χ2n) is 6.27. The molecule has 0 aromatic carbocycles. The lowest BCUT2D eigenvalue weighted by atomic mass is 9.94. The molecule has 2 atom stereocenters. The average molecular weight is 326 g/mol. The summed E-state index contributed by atoms with van der Waals surface area (Å²) in [5, 5.41) is 6.37. The van der Waals surface area contributed by atoms with Crippen molar-refractivity contribution in [3.8, 4) is 0 Å². The van der Waals surface area contributed by atoms with Crippen molar-refractivity contribution in [2.75, 3.05) is 6.54 Å². The van der Waals surface area contributed by atoms with Crippen LogP contribution in [0.5, 0.6) is 0 Å². The lowest BCUT2D eigenvalue weighted by molar-refractivity contribution is 0.0924. The first-order valence-corrected chi connectivity index (χ1v) is 7.93. The van der Waals surface area contributed by atoms with Gasteiger partial charge in [-0.1, -0.05) is 0 Å². The molecule has 2 unspecified atom stereocenters. The molecule has 1 saturated heterocycles. The highest BCUT2D eigenvalue weighted by atomic mass is 35.5. The number of H-pyrrole nitrogens is 1. The number of rotatable bonds is 2. The Hall–Kier alpha value is -1.33. The van der Waals surface area contributed by atoms with Crippen molar-refractivity contribution in [3.05, 3.63) is 33.2 Å². The van der Waals surface area contributed by atoms with Crippen LogP contribution in [0.3, 0.4) is 0 Å². The quantitative estimate of drug-likeness (QED) is 0.772. The number of piperidine rings is 1. The minimum atomic E-state index is -0.255. The van der Waals surface area contributed by atoms with Crippen molar-refractivity contribution in [3.63, 3.8) is 0 Å². The third-order valence-corrected chi connectivity index (χ3v) is 4.54. The van der Waals surface area contributed by atoms with Gasteiger partial charge in [0.25, 0.3) is 11.5 Å². The maximum Gasteiger partial charge on any atom is 0.261 e. The van der Waals surface area contributed by atoms with Crippen LogP contribution in [0.4, 0.5) is 0 Å². The number of aryl methyl sites for hydroxylation is 2. The number of amides is 1. The molecule has 1 aliphatic heterocycles. The zero-order valence-electron chi connectivity index (χ0n) is 12.9. The number of aromatic nitrogens is 1. The van der Waals surface area contributed by atoms with E-state index >= 15 is 0 Å². The van der Waals surface area contributed by atoms with Crippen LogP contribution in [-0.4, -0.2) is 29.5 Å². The molecule has 22 heavy (non-hydrogen) atoms. The smallest absolute Gasteiger partial charge is 0.261 e. The number of aromatic amines is 1. The van der Waals surface area contributed by atoms with Crippen LogP contribution >= 0.6 is 12.4 Å². The number of carbonyl (C=O) groups is 1. The third kappa shape index (κ3) is 3.70. The Kier molecular flexibility index (Phi) is 5.64. The van der Waals surface area contributed by atoms with Gasteiger partial charge >= 0.3 is 0 Å². The Bertz CT molecular complexity index is 600. The van der Waals surface area contributed by atoms with Crippen LogP contribution < -0.4 is 16.2 Å². The van der Waals surface area contributed by atoms with Gasteiger partial charge in [-0.2, -0.15) is 0 Å². The standard InChI is InChI=1S/C16H23N3O2.ClH/c1-10-8-12(6-7-17-10)18-15(20)13-9-11-4-2-3-5-14(11)19-16(13)21;/h9-10,12,17H,2-8H2,1H3,(H,18,20)(H,19,21);1H. The van der Waals surface area contributed by atoms with Crippen LogP contribution in [0.25, 0.3) is 0 Å². The Balaban J connectivity index is 0.00000176. The van der Waals surface area contributed by atoms with E-state index in [0.29, 0.717) is 6.04 Å². The highest BCUT2D eigenvalue weighted by Crippen LogP contribution is 2.18. The fourth-order valence-corrected chi connectivity index (χ4v) is 3.37. The van der Waals surface area contributed by atoms with Gasteiger partial charge in [0.05, 0.1) is 0 Å². The van der Waals surface area contributed by atoms with E-state index in [1.165, 1.54) is 0 Å². The Morgan fingerprint density at radius 2 is 2.09 bits per heavy atom. The van der Waals surface area contributed by atoms with Crippen LogP contribution in [-0.2, 0) is 12.8 Å². The molecule has 1 aliphatic carbocycles. The van der Waals surface area contributed by atoms with Crippen molar-refractivity contribution in [1.82, 2.24) is 15.6 Å².